The first kappa shape index (κ1) is 9.45. The Morgan fingerprint density at radius 1 is 1.53 bits per heavy atom. The summed E-state index contributed by atoms with van der Waals surface area (Å²) in [6, 6.07) is 3.24. The smallest absolute Gasteiger partial charge is 0.231 e. The van der Waals surface area contributed by atoms with Crippen LogP contribution < -0.4 is 9.84 Å². The average Bonchev–Trinajstić information content (AvgIpc) is 2.52. The molecule has 0 unspecified atom stereocenters. The van der Waals surface area contributed by atoms with E-state index in [0.29, 0.717) is 17.2 Å². The van der Waals surface area contributed by atoms with E-state index in [1.54, 1.807) is 19.1 Å². The highest BCUT2D eigenvalue weighted by Crippen LogP contribution is 2.13. The van der Waals surface area contributed by atoms with Gasteiger partial charge in [0.2, 0.25) is 5.88 Å². The Balaban J connectivity index is 2.77. The minimum atomic E-state index is -1.30. The Kier molecular flexibility index (Phi) is 2.03. The number of hydrogen-bond acceptors (Lipinski definition) is 5. The van der Waals surface area contributed by atoms with Crippen LogP contribution in [0.1, 0.15) is 16.2 Å². The minimum Gasteiger partial charge on any atom is -0.543 e. The maximum atomic E-state index is 10.8. The number of methoxy groups -OCH3 is 1. The quantitative estimate of drug-likeness (QED) is 0.656. The van der Waals surface area contributed by atoms with Crippen LogP contribution in [0.2, 0.25) is 0 Å². The van der Waals surface area contributed by atoms with Crippen LogP contribution in [0.3, 0.4) is 0 Å². The van der Waals surface area contributed by atoms with Gasteiger partial charge in [0, 0.05) is 6.07 Å². The van der Waals surface area contributed by atoms with E-state index in [2.05, 4.69) is 10.1 Å². The van der Waals surface area contributed by atoms with Crippen LogP contribution in [0, 0.1) is 6.92 Å². The summed E-state index contributed by atoms with van der Waals surface area (Å²) >= 11 is 0. The third-order valence-corrected chi connectivity index (χ3v) is 2.03. The van der Waals surface area contributed by atoms with Crippen molar-refractivity contribution in [2.75, 3.05) is 7.11 Å². The normalized spacial score (nSPS) is 10.5. The van der Waals surface area contributed by atoms with Gasteiger partial charge in [0.15, 0.2) is 5.65 Å². The molecule has 6 nitrogen and oxygen atoms in total. The molecule has 2 aromatic rings. The van der Waals surface area contributed by atoms with Crippen molar-refractivity contribution >= 4 is 11.6 Å². The van der Waals surface area contributed by atoms with E-state index < -0.39 is 5.97 Å². The van der Waals surface area contributed by atoms with E-state index in [1.807, 2.05) is 0 Å². The lowest BCUT2D eigenvalue weighted by atomic mass is 10.3. The van der Waals surface area contributed by atoms with E-state index in [4.69, 9.17) is 4.74 Å². The zero-order valence-corrected chi connectivity index (χ0v) is 8.22. The van der Waals surface area contributed by atoms with Crippen molar-refractivity contribution in [3.8, 4) is 5.88 Å². The van der Waals surface area contributed by atoms with E-state index in [0.717, 1.165) is 0 Å². The molecule has 0 aliphatic rings. The molecular formula is C9H8N3O3-. The fourth-order valence-corrected chi connectivity index (χ4v) is 1.37. The monoisotopic (exact) mass is 206 g/mol. The van der Waals surface area contributed by atoms with Gasteiger partial charge < -0.3 is 14.6 Å². The molecule has 0 fully saturated rings. The zero-order chi connectivity index (χ0) is 11.0. The maximum absolute atomic E-state index is 10.8. The van der Waals surface area contributed by atoms with E-state index in [-0.39, 0.29) is 5.69 Å². The molecule has 0 radical (unpaired) electrons. The summed E-state index contributed by atoms with van der Waals surface area (Å²) in [6.45, 7) is 1.59. The van der Waals surface area contributed by atoms with Gasteiger partial charge in [-0.05, 0) is 13.0 Å². The molecule has 0 N–H and O–H groups in total. The van der Waals surface area contributed by atoms with Gasteiger partial charge in [-0.3, -0.25) is 0 Å². The van der Waals surface area contributed by atoms with Gasteiger partial charge in [-0.15, -0.1) is 5.10 Å². The number of carbonyl (C=O) groups is 1. The Morgan fingerprint density at radius 3 is 2.87 bits per heavy atom. The number of ether oxygens (including phenoxy) is 1. The molecule has 0 spiro atoms. The second-order valence-electron chi connectivity index (χ2n) is 2.98. The largest absolute Gasteiger partial charge is 0.543 e. The summed E-state index contributed by atoms with van der Waals surface area (Å²) in [5.41, 5.74) is 0.771. The molecule has 0 aromatic carbocycles. The molecule has 2 heterocycles. The van der Waals surface area contributed by atoms with Gasteiger partial charge in [0.25, 0.3) is 0 Å². The first-order chi connectivity index (χ1) is 7.13. The van der Waals surface area contributed by atoms with Crippen molar-refractivity contribution < 1.29 is 14.6 Å². The first-order valence-corrected chi connectivity index (χ1v) is 4.25. The van der Waals surface area contributed by atoms with Gasteiger partial charge in [-0.1, -0.05) is 0 Å². The molecule has 0 bridgehead atoms. The van der Waals surface area contributed by atoms with Crippen LogP contribution in [0.4, 0.5) is 0 Å². The van der Waals surface area contributed by atoms with Crippen molar-refractivity contribution in [3.05, 3.63) is 23.5 Å². The summed E-state index contributed by atoms with van der Waals surface area (Å²) in [7, 11) is 1.46. The number of carboxylic acid groups (broad SMARTS) is 1. The van der Waals surface area contributed by atoms with Crippen LogP contribution >= 0.6 is 0 Å². The number of carboxylic acids is 1. The van der Waals surface area contributed by atoms with Crippen molar-refractivity contribution in [1.29, 1.82) is 0 Å². The second-order valence-corrected chi connectivity index (χ2v) is 2.98. The predicted octanol–water partition coefficient (Wildman–Crippen LogP) is -0.590. The molecule has 0 atom stereocenters. The predicted molar refractivity (Wildman–Crippen MR) is 48.6 cm³/mol. The lowest BCUT2D eigenvalue weighted by molar-refractivity contribution is -0.255. The summed E-state index contributed by atoms with van der Waals surface area (Å²) in [6.07, 6.45) is 0. The van der Waals surface area contributed by atoms with Crippen LogP contribution in [-0.2, 0) is 0 Å². The molecule has 0 aliphatic heterocycles. The van der Waals surface area contributed by atoms with Crippen molar-refractivity contribution in [1.82, 2.24) is 14.6 Å². The average molecular weight is 206 g/mol. The molecule has 2 rings (SSSR count). The van der Waals surface area contributed by atoms with Gasteiger partial charge in [0.05, 0.1) is 18.8 Å². The fourth-order valence-electron chi connectivity index (χ4n) is 1.37. The molecule has 6 heteroatoms. The Labute approximate surface area is 85.1 Å². The number of aromatic nitrogens is 3. The molecule has 0 saturated carbocycles. The lowest BCUT2D eigenvalue weighted by Crippen LogP contribution is -2.25. The fraction of sp³-hybridized carbons (Fsp3) is 0.222. The van der Waals surface area contributed by atoms with E-state index in [9.17, 15) is 9.90 Å². The highest BCUT2D eigenvalue weighted by Gasteiger charge is 2.11. The summed E-state index contributed by atoms with van der Waals surface area (Å²) < 4.78 is 6.09. The van der Waals surface area contributed by atoms with Gasteiger partial charge in [-0.2, -0.15) is 0 Å². The third-order valence-electron chi connectivity index (χ3n) is 2.03. The van der Waals surface area contributed by atoms with Crippen LogP contribution in [0.25, 0.3) is 5.65 Å². The van der Waals surface area contributed by atoms with Crippen LogP contribution in [0.5, 0.6) is 5.88 Å². The summed E-state index contributed by atoms with van der Waals surface area (Å²) in [4.78, 5) is 14.9. The Bertz CT molecular complexity index is 533. The van der Waals surface area contributed by atoms with Crippen molar-refractivity contribution in [2.24, 2.45) is 0 Å². The number of carbonyl (C=O) groups excluding carboxylic acids is 1. The van der Waals surface area contributed by atoms with Gasteiger partial charge in [-0.25, -0.2) is 9.50 Å². The number of rotatable bonds is 2. The zero-order valence-electron chi connectivity index (χ0n) is 8.22. The standard InChI is InChI=1S/C9H9N3O3/c1-5-8(9(13)14)12-6(10-5)3-4-7(11-12)15-2/h3-4H,1-2H3,(H,13,14)/p-1. The van der Waals surface area contributed by atoms with Gasteiger partial charge in [0.1, 0.15) is 5.69 Å². The number of imidazole rings is 1. The van der Waals surface area contributed by atoms with E-state index in [1.165, 1.54) is 11.6 Å². The summed E-state index contributed by atoms with van der Waals surface area (Å²) in [5.74, 6) is -0.983. The molecule has 0 amide bonds. The minimum absolute atomic E-state index is 0.0519. The lowest BCUT2D eigenvalue weighted by Gasteiger charge is -2.03. The number of nitrogens with zero attached hydrogens (tertiary/aromatic N) is 3. The summed E-state index contributed by atoms with van der Waals surface area (Å²) in [5, 5.41) is 14.8. The molecule has 2 aromatic heterocycles. The highest BCUT2D eigenvalue weighted by atomic mass is 16.5. The molecule has 0 aliphatic carbocycles. The SMILES string of the molecule is COc1ccc2nc(C)c(C(=O)[O-])n2n1. The Hall–Kier alpha value is -2.11. The number of aromatic carboxylic acids is 1. The van der Waals surface area contributed by atoms with Crippen molar-refractivity contribution in [3.63, 3.8) is 0 Å². The first-order valence-electron chi connectivity index (χ1n) is 4.25. The highest BCUT2D eigenvalue weighted by molar-refractivity contribution is 5.86. The Morgan fingerprint density at radius 2 is 2.27 bits per heavy atom. The third kappa shape index (κ3) is 1.39. The number of fused-ring (bicyclic) bond motifs is 1. The number of hydrogen-bond donors (Lipinski definition) is 0. The van der Waals surface area contributed by atoms with Gasteiger partial charge >= 0.3 is 0 Å². The molecule has 78 valence electrons. The second kappa shape index (κ2) is 3.23. The maximum Gasteiger partial charge on any atom is 0.231 e. The molecule has 15 heavy (non-hydrogen) atoms. The topological polar surface area (TPSA) is 79.5 Å². The van der Waals surface area contributed by atoms with Crippen molar-refractivity contribution in [2.45, 2.75) is 6.92 Å². The molecule has 0 saturated heterocycles. The van der Waals surface area contributed by atoms with E-state index >= 15 is 0 Å². The molecular weight excluding hydrogens is 198 g/mol. The van der Waals surface area contributed by atoms with Crippen LogP contribution in [0.15, 0.2) is 12.1 Å². The van der Waals surface area contributed by atoms with Crippen LogP contribution in [-0.4, -0.2) is 27.7 Å². The number of aryl methyl sites for hydroxylation is 1.